The normalized spacial score (nSPS) is 10.7. The van der Waals surface area contributed by atoms with E-state index < -0.39 is 0 Å². The molecule has 6 heteroatoms. The molecule has 2 N–H and O–H groups in total. The van der Waals surface area contributed by atoms with E-state index in [9.17, 15) is 0 Å². The van der Waals surface area contributed by atoms with Gasteiger partial charge >= 0.3 is 0 Å². The van der Waals surface area contributed by atoms with Crippen molar-refractivity contribution in [2.24, 2.45) is 0 Å². The Morgan fingerprint density at radius 1 is 0.773 bits per heavy atom. The van der Waals surface area contributed by atoms with Crippen LogP contribution in [0.2, 0.25) is 0 Å². The summed E-state index contributed by atoms with van der Waals surface area (Å²) in [6, 6.07) is 8.18. The first-order valence-corrected chi connectivity index (χ1v) is 7.59. The average molecular weight is 312 g/mol. The summed E-state index contributed by atoms with van der Waals surface area (Å²) in [5.41, 5.74) is 2.25. The minimum absolute atomic E-state index is 0.0525. The van der Waals surface area contributed by atoms with E-state index in [1.54, 1.807) is 0 Å². The molecule has 0 saturated heterocycles. The van der Waals surface area contributed by atoms with Crippen LogP contribution >= 0.6 is 0 Å². The number of benzene rings is 1. The van der Waals surface area contributed by atoms with Crippen LogP contribution in [0.1, 0.15) is 0 Å². The van der Waals surface area contributed by atoms with Gasteiger partial charge in [-0.15, -0.1) is 0 Å². The van der Waals surface area contributed by atoms with Gasteiger partial charge in [-0.25, -0.2) is 0 Å². The fourth-order valence-electron chi connectivity index (χ4n) is 2.09. The SMILES string of the molecule is CN(CCOCCO)c1ccccc1N(C)CCOCCO. The smallest absolute Gasteiger partial charge is 0.0698 e. The van der Waals surface area contributed by atoms with Crippen LogP contribution in [-0.2, 0) is 9.47 Å². The van der Waals surface area contributed by atoms with Crippen molar-refractivity contribution in [2.45, 2.75) is 0 Å². The topological polar surface area (TPSA) is 65.4 Å². The van der Waals surface area contributed by atoms with Crippen molar-refractivity contribution in [1.29, 1.82) is 0 Å². The van der Waals surface area contributed by atoms with Crippen LogP contribution in [-0.4, -0.2) is 77.0 Å². The van der Waals surface area contributed by atoms with Gasteiger partial charge in [-0.3, -0.25) is 0 Å². The molecule has 0 unspecified atom stereocenters. The molecule has 0 bridgehead atoms. The largest absolute Gasteiger partial charge is 0.394 e. The molecule has 0 heterocycles. The van der Waals surface area contributed by atoms with E-state index in [1.165, 1.54) is 0 Å². The van der Waals surface area contributed by atoms with Crippen LogP contribution in [0.3, 0.4) is 0 Å². The maximum absolute atomic E-state index is 8.71. The van der Waals surface area contributed by atoms with Crippen LogP contribution in [0.15, 0.2) is 24.3 Å². The van der Waals surface area contributed by atoms with E-state index in [0.29, 0.717) is 26.4 Å². The predicted octanol–water partition coefficient (Wildman–Crippen LogP) is 0.577. The van der Waals surface area contributed by atoms with Gasteiger partial charge in [-0.1, -0.05) is 12.1 Å². The minimum atomic E-state index is 0.0525. The van der Waals surface area contributed by atoms with Gasteiger partial charge in [0.1, 0.15) is 0 Å². The number of likely N-dealkylation sites (N-methyl/N-ethyl adjacent to an activating group) is 2. The van der Waals surface area contributed by atoms with Crippen molar-refractivity contribution in [3.63, 3.8) is 0 Å². The van der Waals surface area contributed by atoms with Gasteiger partial charge in [0.15, 0.2) is 0 Å². The van der Waals surface area contributed by atoms with Crippen molar-refractivity contribution < 1.29 is 19.7 Å². The van der Waals surface area contributed by atoms with Crippen LogP contribution in [0, 0.1) is 0 Å². The number of hydrogen-bond donors (Lipinski definition) is 2. The number of rotatable bonds is 12. The van der Waals surface area contributed by atoms with Gasteiger partial charge in [0.25, 0.3) is 0 Å². The molecule has 0 spiro atoms. The lowest BCUT2D eigenvalue weighted by atomic mass is 10.2. The lowest BCUT2D eigenvalue weighted by Crippen LogP contribution is -2.28. The Hall–Kier alpha value is -1.34. The minimum Gasteiger partial charge on any atom is -0.394 e. The van der Waals surface area contributed by atoms with E-state index >= 15 is 0 Å². The highest BCUT2D eigenvalue weighted by Crippen LogP contribution is 2.27. The van der Waals surface area contributed by atoms with E-state index in [2.05, 4.69) is 21.9 Å². The average Bonchev–Trinajstić information content (AvgIpc) is 2.55. The summed E-state index contributed by atoms with van der Waals surface area (Å²) in [5, 5.41) is 17.4. The molecule has 0 radical (unpaired) electrons. The highest BCUT2D eigenvalue weighted by Gasteiger charge is 2.10. The maximum atomic E-state index is 8.71. The summed E-state index contributed by atoms with van der Waals surface area (Å²) in [6.07, 6.45) is 0. The second-order valence-electron chi connectivity index (χ2n) is 5.00. The zero-order valence-electron chi connectivity index (χ0n) is 13.6. The monoisotopic (exact) mass is 312 g/mol. The van der Waals surface area contributed by atoms with Gasteiger partial charge in [0, 0.05) is 27.2 Å². The third kappa shape index (κ3) is 6.62. The number of aliphatic hydroxyl groups excluding tert-OH is 2. The molecular weight excluding hydrogens is 284 g/mol. The van der Waals surface area contributed by atoms with E-state index in [-0.39, 0.29) is 13.2 Å². The summed E-state index contributed by atoms with van der Waals surface area (Å²) in [7, 11) is 4.05. The van der Waals surface area contributed by atoms with Gasteiger partial charge < -0.3 is 29.5 Å². The highest BCUT2D eigenvalue weighted by molar-refractivity contribution is 5.70. The predicted molar refractivity (Wildman–Crippen MR) is 88.8 cm³/mol. The number of anilines is 2. The number of nitrogens with zero attached hydrogens (tertiary/aromatic N) is 2. The zero-order chi connectivity index (χ0) is 16.2. The van der Waals surface area contributed by atoms with Crippen molar-refractivity contribution >= 4 is 11.4 Å². The van der Waals surface area contributed by atoms with E-state index in [4.69, 9.17) is 19.7 Å². The van der Waals surface area contributed by atoms with Gasteiger partial charge in [0.05, 0.1) is 51.0 Å². The van der Waals surface area contributed by atoms with Gasteiger partial charge in [0.2, 0.25) is 0 Å². The number of ether oxygens (including phenoxy) is 2. The van der Waals surface area contributed by atoms with Crippen LogP contribution in [0.4, 0.5) is 11.4 Å². The molecule has 0 amide bonds. The number of aliphatic hydroxyl groups is 2. The molecule has 0 aliphatic carbocycles. The van der Waals surface area contributed by atoms with Crippen molar-refractivity contribution in [2.75, 3.05) is 76.6 Å². The molecule has 0 fully saturated rings. The Balaban J connectivity index is 2.56. The molecule has 1 aromatic rings. The standard InChI is InChI=1S/C16H28N2O4/c1-17(7-11-21-13-9-19)15-5-3-4-6-16(15)18(2)8-12-22-14-10-20/h3-6,19-20H,7-14H2,1-2H3. The Morgan fingerprint density at radius 3 is 1.55 bits per heavy atom. The molecule has 1 rings (SSSR count). The lowest BCUT2D eigenvalue weighted by Gasteiger charge is -2.27. The van der Waals surface area contributed by atoms with Crippen LogP contribution in [0.5, 0.6) is 0 Å². The molecule has 0 aliphatic heterocycles. The molecule has 0 saturated carbocycles. The van der Waals surface area contributed by atoms with Crippen LogP contribution in [0.25, 0.3) is 0 Å². The number of hydrogen-bond acceptors (Lipinski definition) is 6. The third-order valence-electron chi connectivity index (χ3n) is 3.32. The van der Waals surface area contributed by atoms with Gasteiger partial charge in [-0.05, 0) is 12.1 Å². The second kappa shape index (κ2) is 11.3. The first-order valence-electron chi connectivity index (χ1n) is 7.59. The fraction of sp³-hybridized carbons (Fsp3) is 0.625. The van der Waals surface area contributed by atoms with E-state index in [0.717, 1.165) is 24.5 Å². The first kappa shape index (κ1) is 18.7. The summed E-state index contributed by atoms with van der Waals surface area (Å²) in [5.74, 6) is 0. The van der Waals surface area contributed by atoms with Crippen molar-refractivity contribution in [3.8, 4) is 0 Å². The fourth-order valence-corrected chi connectivity index (χ4v) is 2.09. The number of para-hydroxylation sites is 2. The molecule has 6 nitrogen and oxygen atoms in total. The Bertz CT molecular complexity index is 366. The van der Waals surface area contributed by atoms with Crippen molar-refractivity contribution in [1.82, 2.24) is 0 Å². The molecule has 0 aromatic heterocycles. The van der Waals surface area contributed by atoms with Gasteiger partial charge in [-0.2, -0.15) is 0 Å². The summed E-state index contributed by atoms with van der Waals surface area (Å²) < 4.78 is 10.6. The first-order chi connectivity index (χ1) is 10.7. The Kier molecular flexibility index (Phi) is 9.57. The lowest BCUT2D eigenvalue weighted by molar-refractivity contribution is 0.0968. The molecule has 22 heavy (non-hydrogen) atoms. The third-order valence-corrected chi connectivity index (χ3v) is 3.32. The Morgan fingerprint density at radius 2 is 1.18 bits per heavy atom. The summed E-state index contributed by atoms with van der Waals surface area (Å²) in [4.78, 5) is 4.27. The Labute approximate surface area is 132 Å². The molecule has 1 aromatic carbocycles. The molecule has 0 aliphatic rings. The molecular formula is C16H28N2O4. The molecule has 126 valence electrons. The van der Waals surface area contributed by atoms with Crippen LogP contribution < -0.4 is 9.80 Å². The zero-order valence-corrected chi connectivity index (χ0v) is 13.6. The quantitative estimate of drug-likeness (QED) is 0.550. The maximum Gasteiger partial charge on any atom is 0.0698 e. The highest BCUT2D eigenvalue weighted by atomic mass is 16.5. The van der Waals surface area contributed by atoms with Crippen molar-refractivity contribution in [3.05, 3.63) is 24.3 Å². The summed E-state index contributed by atoms with van der Waals surface area (Å²) in [6.45, 7) is 3.52. The summed E-state index contributed by atoms with van der Waals surface area (Å²) >= 11 is 0. The van der Waals surface area contributed by atoms with E-state index in [1.807, 2.05) is 26.2 Å². The molecule has 0 atom stereocenters. The second-order valence-corrected chi connectivity index (χ2v) is 5.00.